The van der Waals surface area contributed by atoms with Crippen LogP contribution in [0.3, 0.4) is 0 Å². The van der Waals surface area contributed by atoms with Gasteiger partial charge in [0.05, 0.1) is 22.7 Å². The number of hydrogen-bond acceptors (Lipinski definition) is 4. The maximum atomic E-state index is 6.49. The van der Waals surface area contributed by atoms with Crippen LogP contribution in [-0.4, -0.2) is 0 Å². The van der Waals surface area contributed by atoms with Gasteiger partial charge in [-0.3, -0.25) is 0 Å². The Hall–Kier alpha value is -8.60. The summed E-state index contributed by atoms with van der Waals surface area (Å²) in [5.41, 5.74) is 13.2. The Kier molecular flexibility index (Phi) is 8.18. The van der Waals surface area contributed by atoms with Crippen molar-refractivity contribution in [3.63, 3.8) is 0 Å². The van der Waals surface area contributed by atoms with E-state index >= 15 is 0 Å². The van der Waals surface area contributed by atoms with Crippen LogP contribution in [0.4, 0.5) is 34.1 Å². The minimum Gasteiger partial charge on any atom is -0.453 e. The van der Waals surface area contributed by atoms with Crippen molar-refractivity contribution in [1.29, 1.82) is 0 Å². The molecule has 0 radical (unpaired) electrons. The van der Waals surface area contributed by atoms with Crippen molar-refractivity contribution in [2.75, 3.05) is 9.80 Å². The number of benzene rings is 11. The Balaban J connectivity index is 1.14. The van der Waals surface area contributed by atoms with Crippen LogP contribution in [0.1, 0.15) is 0 Å². The van der Waals surface area contributed by atoms with Gasteiger partial charge in [0.25, 0.3) is 0 Å². The van der Waals surface area contributed by atoms with Gasteiger partial charge in [-0.1, -0.05) is 158 Å². The molecule has 0 spiro atoms. The first kappa shape index (κ1) is 36.1. The molecular formula is C60H38N2O2. The summed E-state index contributed by atoms with van der Waals surface area (Å²) in [5, 5.41) is 7.08. The molecule has 2 heterocycles. The first-order chi connectivity index (χ1) is 31.7. The Labute approximate surface area is 371 Å². The number of fused-ring (bicyclic) bond motifs is 7. The molecule has 2 aliphatic rings. The smallest absolute Gasteiger partial charge is 0.151 e. The molecule has 0 bridgehead atoms. The minimum atomic E-state index is 0.826. The highest BCUT2D eigenvalue weighted by Gasteiger charge is 2.29. The van der Waals surface area contributed by atoms with Gasteiger partial charge in [-0.25, -0.2) is 0 Å². The molecule has 11 aromatic carbocycles. The van der Waals surface area contributed by atoms with Gasteiger partial charge in [-0.2, -0.15) is 0 Å². The van der Waals surface area contributed by atoms with Crippen molar-refractivity contribution in [2.45, 2.75) is 0 Å². The second-order valence-corrected chi connectivity index (χ2v) is 16.4. The molecule has 0 amide bonds. The van der Waals surface area contributed by atoms with Crippen molar-refractivity contribution in [1.82, 2.24) is 0 Å². The summed E-state index contributed by atoms with van der Waals surface area (Å²) in [6, 6.07) is 82.4. The van der Waals surface area contributed by atoms with Crippen molar-refractivity contribution in [3.05, 3.63) is 231 Å². The molecule has 300 valence electrons. The average Bonchev–Trinajstić information content (AvgIpc) is 3.36. The zero-order valence-electron chi connectivity index (χ0n) is 34.7. The maximum Gasteiger partial charge on any atom is 0.151 e. The van der Waals surface area contributed by atoms with Crippen molar-refractivity contribution in [2.24, 2.45) is 0 Å². The molecule has 0 N–H and O–H groups in total. The Morgan fingerprint density at radius 3 is 1.25 bits per heavy atom. The van der Waals surface area contributed by atoms with E-state index < -0.39 is 0 Å². The molecule has 4 nitrogen and oxygen atoms in total. The molecule has 4 heteroatoms. The van der Waals surface area contributed by atoms with Crippen LogP contribution in [-0.2, 0) is 0 Å². The summed E-state index contributed by atoms with van der Waals surface area (Å²) < 4.78 is 13.0. The average molecular weight is 819 g/mol. The summed E-state index contributed by atoms with van der Waals surface area (Å²) >= 11 is 0. The van der Waals surface area contributed by atoms with Crippen LogP contribution in [0.5, 0.6) is 23.0 Å². The Bertz CT molecular complexity index is 3540. The molecule has 11 aromatic rings. The van der Waals surface area contributed by atoms with E-state index in [2.05, 4.69) is 204 Å². The Morgan fingerprint density at radius 1 is 0.266 bits per heavy atom. The van der Waals surface area contributed by atoms with Gasteiger partial charge in [0.1, 0.15) is 0 Å². The second-order valence-electron chi connectivity index (χ2n) is 16.4. The highest BCUT2D eigenvalue weighted by Crippen LogP contribution is 2.55. The van der Waals surface area contributed by atoms with E-state index in [-0.39, 0.29) is 0 Å². The van der Waals surface area contributed by atoms with E-state index in [1.165, 1.54) is 54.7 Å². The molecule has 0 fully saturated rings. The molecule has 0 saturated carbocycles. The van der Waals surface area contributed by atoms with Gasteiger partial charge in [0.2, 0.25) is 0 Å². The topological polar surface area (TPSA) is 24.9 Å². The lowest BCUT2D eigenvalue weighted by atomic mass is 9.84. The van der Waals surface area contributed by atoms with E-state index in [1.807, 2.05) is 36.4 Å². The fraction of sp³-hybridized carbons (Fsp3) is 0. The fourth-order valence-electron chi connectivity index (χ4n) is 9.95. The van der Waals surface area contributed by atoms with Crippen LogP contribution < -0.4 is 19.3 Å². The fourth-order valence-corrected chi connectivity index (χ4v) is 9.95. The molecule has 0 aliphatic carbocycles. The molecule has 13 rings (SSSR count). The van der Waals surface area contributed by atoms with Gasteiger partial charge in [-0.05, 0) is 138 Å². The Morgan fingerprint density at radius 2 is 0.688 bits per heavy atom. The molecule has 64 heavy (non-hydrogen) atoms. The number of ether oxygens (including phenoxy) is 2. The zero-order valence-corrected chi connectivity index (χ0v) is 34.7. The highest BCUT2D eigenvalue weighted by molar-refractivity contribution is 6.24. The third kappa shape index (κ3) is 5.70. The van der Waals surface area contributed by atoms with Crippen molar-refractivity contribution >= 4 is 66.4 Å². The monoisotopic (exact) mass is 818 g/mol. The minimum absolute atomic E-state index is 0.826. The number of rotatable bonds is 5. The summed E-state index contributed by atoms with van der Waals surface area (Å²) in [5.74, 6) is 3.30. The zero-order chi connectivity index (χ0) is 42.1. The number of nitrogens with zero attached hydrogens (tertiary/aromatic N) is 2. The SMILES string of the molecule is c1ccc(-c2ccc(-c3c4cc(N5c6ccccc6Oc6ccccc65)ccc4c(-c4cccc5ccccc45)c4cc(N5c6ccccc6Oc6ccccc65)ccc34)cc2)cc1. The summed E-state index contributed by atoms with van der Waals surface area (Å²) in [7, 11) is 0. The molecule has 0 aromatic heterocycles. The largest absolute Gasteiger partial charge is 0.453 e. The van der Waals surface area contributed by atoms with E-state index in [9.17, 15) is 0 Å². The molecule has 2 aliphatic heterocycles. The van der Waals surface area contributed by atoms with Gasteiger partial charge in [-0.15, -0.1) is 0 Å². The normalized spacial score (nSPS) is 12.6. The highest BCUT2D eigenvalue weighted by atomic mass is 16.5. The standard InChI is InChI=1S/C60H38N2O2/c1-2-15-39(16-3-1)40-29-31-42(32-30-40)59-47-35-33-44(62-53-23-8-12-27-57(53)64-58-28-13-9-24-54(58)62)38-50(47)60(46-20-14-18-41-17-4-5-19-45(41)46)48-36-34-43(37-49(48)59)61-51-21-6-10-25-55(51)63-56-26-11-7-22-52(56)61/h1-38H. The van der Waals surface area contributed by atoms with Crippen LogP contribution in [0.2, 0.25) is 0 Å². The van der Waals surface area contributed by atoms with Crippen molar-refractivity contribution in [3.8, 4) is 56.4 Å². The third-order valence-corrected chi connectivity index (χ3v) is 12.8. The predicted octanol–water partition coefficient (Wildman–Crippen LogP) is 17.3. The molecule has 0 unspecified atom stereocenters. The summed E-state index contributed by atoms with van der Waals surface area (Å²) in [4.78, 5) is 4.68. The van der Waals surface area contributed by atoms with Gasteiger partial charge in [0, 0.05) is 11.4 Å². The van der Waals surface area contributed by atoms with Crippen molar-refractivity contribution < 1.29 is 9.47 Å². The lowest BCUT2D eigenvalue weighted by Gasteiger charge is -2.33. The summed E-state index contributed by atoms with van der Waals surface area (Å²) in [6.45, 7) is 0. The van der Waals surface area contributed by atoms with E-state index in [1.54, 1.807) is 0 Å². The quantitative estimate of drug-likeness (QED) is 0.162. The number of anilines is 6. The van der Waals surface area contributed by atoms with Gasteiger partial charge < -0.3 is 19.3 Å². The van der Waals surface area contributed by atoms with E-state index in [0.29, 0.717) is 0 Å². The third-order valence-electron chi connectivity index (χ3n) is 12.8. The van der Waals surface area contributed by atoms with Gasteiger partial charge in [0.15, 0.2) is 23.0 Å². The van der Waals surface area contributed by atoms with Gasteiger partial charge >= 0.3 is 0 Å². The predicted molar refractivity (Wildman–Crippen MR) is 265 cm³/mol. The second kappa shape index (κ2) is 14.5. The van der Waals surface area contributed by atoms with Crippen LogP contribution in [0.15, 0.2) is 231 Å². The first-order valence-electron chi connectivity index (χ1n) is 21.7. The van der Waals surface area contributed by atoms with Crippen LogP contribution >= 0.6 is 0 Å². The number of para-hydroxylation sites is 8. The maximum absolute atomic E-state index is 6.49. The van der Waals surface area contributed by atoms with Crippen LogP contribution in [0.25, 0.3) is 65.7 Å². The summed E-state index contributed by atoms with van der Waals surface area (Å²) in [6.07, 6.45) is 0. The van der Waals surface area contributed by atoms with E-state index in [0.717, 1.165) is 68.1 Å². The molecule has 0 atom stereocenters. The van der Waals surface area contributed by atoms with E-state index in [4.69, 9.17) is 9.47 Å². The first-order valence-corrected chi connectivity index (χ1v) is 21.7. The lowest BCUT2D eigenvalue weighted by molar-refractivity contribution is 0.477. The lowest BCUT2D eigenvalue weighted by Crippen LogP contribution is -2.16. The molecular weight excluding hydrogens is 781 g/mol. The number of hydrogen-bond donors (Lipinski definition) is 0. The van der Waals surface area contributed by atoms with Crippen LogP contribution in [0, 0.1) is 0 Å². The molecule has 0 saturated heterocycles.